The highest BCUT2D eigenvalue weighted by Crippen LogP contribution is 2.26. The molecule has 0 bridgehead atoms. The zero-order valence-electron chi connectivity index (χ0n) is 12.4. The molecule has 0 spiro atoms. The molecular formula is C15H21NO5. The van der Waals surface area contributed by atoms with E-state index in [1.54, 1.807) is 18.1 Å². The molecule has 21 heavy (non-hydrogen) atoms. The first-order chi connectivity index (χ1) is 10.1. The second-order valence-corrected chi connectivity index (χ2v) is 5.31. The highest BCUT2D eigenvalue weighted by atomic mass is 16.5. The van der Waals surface area contributed by atoms with Crippen molar-refractivity contribution in [3.05, 3.63) is 23.7 Å². The van der Waals surface area contributed by atoms with E-state index in [0.29, 0.717) is 30.7 Å². The fraction of sp³-hybridized carbons (Fsp3) is 0.600. The molecule has 2 unspecified atom stereocenters. The van der Waals surface area contributed by atoms with Gasteiger partial charge < -0.3 is 19.2 Å². The Morgan fingerprint density at radius 3 is 2.90 bits per heavy atom. The number of carboxylic acid groups (broad SMARTS) is 1. The SMILES string of the molecule is CCCc1occc1C(=O)N1CC(OC)CC1CC(=O)O. The van der Waals surface area contributed by atoms with Crippen LogP contribution >= 0.6 is 0 Å². The van der Waals surface area contributed by atoms with Gasteiger partial charge in [-0.1, -0.05) is 6.92 Å². The molecule has 116 valence electrons. The van der Waals surface area contributed by atoms with Crippen LogP contribution in [0.3, 0.4) is 0 Å². The lowest BCUT2D eigenvalue weighted by molar-refractivity contribution is -0.137. The van der Waals surface area contributed by atoms with Crippen LogP contribution in [0.15, 0.2) is 16.7 Å². The third kappa shape index (κ3) is 3.44. The van der Waals surface area contributed by atoms with Gasteiger partial charge in [0, 0.05) is 26.1 Å². The molecule has 2 heterocycles. The number of nitrogens with zero attached hydrogens (tertiary/aromatic N) is 1. The monoisotopic (exact) mass is 295 g/mol. The molecule has 6 nitrogen and oxygen atoms in total. The molecule has 1 amide bonds. The molecule has 1 aromatic heterocycles. The second-order valence-electron chi connectivity index (χ2n) is 5.31. The van der Waals surface area contributed by atoms with Crippen molar-refractivity contribution < 1.29 is 23.8 Å². The first-order valence-electron chi connectivity index (χ1n) is 7.18. The summed E-state index contributed by atoms with van der Waals surface area (Å²) in [4.78, 5) is 25.3. The number of aliphatic carboxylic acids is 1. The molecule has 1 aliphatic heterocycles. The van der Waals surface area contributed by atoms with Crippen LogP contribution in [0, 0.1) is 0 Å². The predicted octanol–water partition coefficient (Wildman–Crippen LogP) is 1.94. The van der Waals surface area contributed by atoms with E-state index < -0.39 is 5.97 Å². The maximum absolute atomic E-state index is 12.7. The van der Waals surface area contributed by atoms with Gasteiger partial charge in [-0.05, 0) is 18.9 Å². The van der Waals surface area contributed by atoms with Crippen molar-refractivity contribution in [2.75, 3.05) is 13.7 Å². The van der Waals surface area contributed by atoms with Crippen LogP contribution in [0.4, 0.5) is 0 Å². The largest absolute Gasteiger partial charge is 0.481 e. The Bertz CT molecular complexity index is 510. The van der Waals surface area contributed by atoms with Crippen molar-refractivity contribution in [1.82, 2.24) is 4.90 Å². The van der Waals surface area contributed by atoms with Crippen LogP contribution in [0.25, 0.3) is 0 Å². The molecule has 1 aliphatic rings. The van der Waals surface area contributed by atoms with Crippen molar-refractivity contribution in [1.29, 1.82) is 0 Å². The minimum Gasteiger partial charge on any atom is -0.481 e. The molecule has 1 aromatic rings. The lowest BCUT2D eigenvalue weighted by atomic mass is 10.1. The number of hydrogen-bond acceptors (Lipinski definition) is 4. The zero-order valence-corrected chi connectivity index (χ0v) is 12.4. The van der Waals surface area contributed by atoms with Crippen molar-refractivity contribution in [2.45, 2.75) is 44.8 Å². The van der Waals surface area contributed by atoms with Crippen LogP contribution in [0.1, 0.15) is 42.3 Å². The maximum atomic E-state index is 12.7. The van der Waals surface area contributed by atoms with E-state index in [4.69, 9.17) is 14.3 Å². The molecule has 2 atom stereocenters. The van der Waals surface area contributed by atoms with Crippen molar-refractivity contribution >= 4 is 11.9 Å². The molecule has 1 fully saturated rings. The summed E-state index contributed by atoms with van der Waals surface area (Å²) in [6.07, 6.45) is 3.46. The number of ether oxygens (including phenoxy) is 1. The lowest BCUT2D eigenvalue weighted by Crippen LogP contribution is -2.37. The van der Waals surface area contributed by atoms with Crippen LogP contribution in [-0.2, 0) is 16.0 Å². The zero-order chi connectivity index (χ0) is 15.4. The van der Waals surface area contributed by atoms with Gasteiger partial charge in [0.05, 0.1) is 24.4 Å². The number of methoxy groups -OCH3 is 1. The van der Waals surface area contributed by atoms with E-state index in [1.807, 2.05) is 6.92 Å². The number of hydrogen-bond donors (Lipinski definition) is 1. The minimum atomic E-state index is -0.907. The van der Waals surface area contributed by atoms with Gasteiger partial charge in [0.25, 0.3) is 5.91 Å². The molecule has 0 aliphatic carbocycles. The van der Waals surface area contributed by atoms with Crippen LogP contribution in [0.2, 0.25) is 0 Å². The van der Waals surface area contributed by atoms with E-state index in [2.05, 4.69) is 0 Å². The molecule has 0 saturated carbocycles. The first kappa shape index (κ1) is 15.6. The third-order valence-corrected chi connectivity index (χ3v) is 3.83. The molecular weight excluding hydrogens is 274 g/mol. The fourth-order valence-corrected chi connectivity index (χ4v) is 2.79. The number of carboxylic acids is 1. The number of rotatable bonds is 6. The quantitative estimate of drug-likeness (QED) is 0.867. The van der Waals surface area contributed by atoms with Crippen LogP contribution in [-0.4, -0.2) is 47.7 Å². The van der Waals surface area contributed by atoms with Gasteiger partial charge in [0.15, 0.2) is 0 Å². The normalized spacial score (nSPS) is 21.7. The fourth-order valence-electron chi connectivity index (χ4n) is 2.79. The number of carbonyl (C=O) groups excluding carboxylic acids is 1. The number of aryl methyl sites for hydroxylation is 1. The van der Waals surface area contributed by atoms with Gasteiger partial charge >= 0.3 is 5.97 Å². The van der Waals surface area contributed by atoms with Crippen LogP contribution < -0.4 is 0 Å². The Morgan fingerprint density at radius 2 is 2.29 bits per heavy atom. The van der Waals surface area contributed by atoms with E-state index in [1.165, 1.54) is 6.26 Å². The minimum absolute atomic E-state index is 0.0629. The molecule has 0 aromatic carbocycles. The summed E-state index contributed by atoms with van der Waals surface area (Å²) in [6.45, 7) is 2.44. The van der Waals surface area contributed by atoms with E-state index in [0.717, 1.165) is 6.42 Å². The number of likely N-dealkylation sites (tertiary alicyclic amines) is 1. The topological polar surface area (TPSA) is 80.0 Å². The van der Waals surface area contributed by atoms with Crippen molar-refractivity contribution in [2.24, 2.45) is 0 Å². The number of carbonyl (C=O) groups is 2. The summed E-state index contributed by atoms with van der Waals surface area (Å²) in [6, 6.07) is 1.33. The van der Waals surface area contributed by atoms with Crippen LogP contribution in [0.5, 0.6) is 0 Å². The first-order valence-corrected chi connectivity index (χ1v) is 7.18. The standard InChI is InChI=1S/C15H21NO5/c1-3-4-13-12(5-6-21-13)15(19)16-9-11(20-2)7-10(16)8-14(17)18/h5-6,10-11H,3-4,7-9H2,1-2H3,(H,17,18). The second kappa shape index (κ2) is 6.76. The van der Waals surface area contributed by atoms with E-state index in [-0.39, 0.29) is 24.5 Å². The summed E-state index contributed by atoms with van der Waals surface area (Å²) >= 11 is 0. The smallest absolute Gasteiger partial charge is 0.305 e. The number of amides is 1. The van der Waals surface area contributed by atoms with Gasteiger partial charge in [0.1, 0.15) is 5.76 Å². The number of furan rings is 1. The Morgan fingerprint density at radius 1 is 1.52 bits per heavy atom. The summed E-state index contributed by atoms with van der Waals surface area (Å²) in [5.41, 5.74) is 0.531. The summed E-state index contributed by atoms with van der Waals surface area (Å²) in [7, 11) is 1.58. The molecule has 1 saturated heterocycles. The van der Waals surface area contributed by atoms with E-state index >= 15 is 0 Å². The van der Waals surface area contributed by atoms with Gasteiger partial charge in [-0.15, -0.1) is 0 Å². The highest BCUT2D eigenvalue weighted by Gasteiger charge is 2.37. The predicted molar refractivity (Wildman–Crippen MR) is 75.2 cm³/mol. The van der Waals surface area contributed by atoms with E-state index in [9.17, 15) is 9.59 Å². The average Bonchev–Trinajstić information content (AvgIpc) is 3.04. The van der Waals surface area contributed by atoms with Gasteiger partial charge in [-0.3, -0.25) is 9.59 Å². The van der Waals surface area contributed by atoms with Crippen molar-refractivity contribution in [3.63, 3.8) is 0 Å². The Balaban J connectivity index is 2.18. The van der Waals surface area contributed by atoms with Gasteiger partial charge in [-0.2, -0.15) is 0 Å². The maximum Gasteiger partial charge on any atom is 0.305 e. The van der Waals surface area contributed by atoms with Crippen molar-refractivity contribution in [3.8, 4) is 0 Å². The Kier molecular flexibility index (Phi) is 5.01. The Labute approximate surface area is 123 Å². The summed E-state index contributed by atoms with van der Waals surface area (Å²) < 4.78 is 10.6. The molecule has 2 rings (SSSR count). The third-order valence-electron chi connectivity index (χ3n) is 3.83. The molecule has 1 N–H and O–H groups in total. The van der Waals surface area contributed by atoms with Gasteiger partial charge in [-0.25, -0.2) is 0 Å². The molecule has 6 heteroatoms. The lowest BCUT2D eigenvalue weighted by Gasteiger charge is -2.23. The van der Waals surface area contributed by atoms with Gasteiger partial charge in [0.2, 0.25) is 0 Å². The molecule has 0 radical (unpaired) electrons. The average molecular weight is 295 g/mol. The highest BCUT2D eigenvalue weighted by molar-refractivity contribution is 5.95. The summed E-state index contributed by atoms with van der Waals surface area (Å²) in [5.74, 6) is -0.411. The Hall–Kier alpha value is -1.82. The summed E-state index contributed by atoms with van der Waals surface area (Å²) in [5, 5.41) is 9.00.